The first-order chi connectivity index (χ1) is 10.1. The van der Waals surface area contributed by atoms with Gasteiger partial charge in [0.25, 0.3) is 6.43 Å². The van der Waals surface area contributed by atoms with Crippen LogP contribution in [0.5, 0.6) is 0 Å². The highest BCUT2D eigenvalue weighted by molar-refractivity contribution is 5.85. The Morgan fingerprint density at radius 2 is 2.05 bits per heavy atom. The molecular formula is C14H22ClF2N5. The standard InChI is InChI=1S/C14H21F2N5.ClH/c1-3-11(2)21-13(4-6-18-21)9-17-8-12-5-7-20(19-12)10-14(15)16;/h4-7,11,14,17H,3,8-10H2,1-2H3;1H. The summed E-state index contributed by atoms with van der Waals surface area (Å²) in [6, 6.07) is 4.10. The third-order valence-corrected chi connectivity index (χ3v) is 3.39. The minimum absolute atomic E-state index is 0. The van der Waals surface area contributed by atoms with Crippen molar-refractivity contribution in [1.82, 2.24) is 24.9 Å². The smallest absolute Gasteiger partial charge is 0.257 e. The summed E-state index contributed by atoms with van der Waals surface area (Å²) < 4.78 is 27.7. The van der Waals surface area contributed by atoms with Crippen LogP contribution < -0.4 is 5.32 Å². The van der Waals surface area contributed by atoms with Crippen molar-refractivity contribution in [1.29, 1.82) is 0 Å². The van der Waals surface area contributed by atoms with Crippen molar-refractivity contribution < 1.29 is 8.78 Å². The fraction of sp³-hybridized carbons (Fsp3) is 0.571. The van der Waals surface area contributed by atoms with Gasteiger partial charge in [0.1, 0.15) is 6.54 Å². The lowest BCUT2D eigenvalue weighted by Gasteiger charge is -2.13. The molecule has 0 bridgehead atoms. The molecule has 0 spiro atoms. The highest BCUT2D eigenvalue weighted by atomic mass is 35.5. The Hall–Kier alpha value is -1.47. The minimum atomic E-state index is -2.38. The molecule has 2 heterocycles. The molecule has 2 aromatic rings. The summed E-state index contributed by atoms with van der Waals surface area (Å²) in [4.78, 5) is 0. The predicted molar refractivity (Wildman–Crippen MR) is 83.3 cm³/mol. The first-order valence-corrected chi connectivity index (χ1v) is 7.13. The third kappa shape index (κ3) is 5.06. The highest BCUT2D eigenvalue weighted by Crippen LogP contribution is 2.12. The Morgan fingerprint density at radius 1 is 1.27 bits per heavy atom. The maximum Gasteiger partial charge on any atom is 0.257 e. The lowest BCUT2D eigenvalue weighted by molar-refractivity contribution is 0.121. The number of nitrogens with one attached hydrogen (secondary N) is 1. The molecule has 0 radical (unpaired) electrons. The van der Waals surface area contributed by atoms with E-state index >= 15 is 0 Å². The summed E-state index contributed by atoms with van der Waals surface area (Å²) >= 11 is 0. The molecule has 1 unspecified atom stereocenters. The van der Waals surface area contributed by atoms with Crippen molar-refractivity contribution in [3.8, 4) is 0 Å². The van der Waals surface area contributed by atoms with E-state index in [9.17, 15) is 8.78 Å². The van der Waals surface area contributed by atoms with Gasteiger partial charge in [-0.2, -0.15) is 10.2 Å². The molecule has 22 heavy (non-hydrogen) atoms. The summed E-state index contributed by atoms with van der Waals surface area (Å²) in [5.74, 6) is 0. The molecule has 8 heteroatoms. The monoisotopic (exact) mass is 333 g/mol. The van der Waals surface area contributed by atoms with Crippen LogP contribution in [0, 0.1) is 0 Å². The first kappa shape index (κ1) is 18.6. The van der Waals surface area contributed by atoms with Gasteiger partial charge in [-0.15, -0.1) is 12.4 Å². The average Bonchev–Trinajstić information content (AvgIpc) is 3.07. The van der Waals surface area contributed by atoms with Crippen LogP contribution in [0.1, 0.15) is 37.7 Å². The van der Waals surface area contributed by atoms with E-state index in [0.29, 0.717) is 19.1 Å². The maximum absolute atomic E-state index is 12.2. The summed E-state index contributed by atoms with van der Waals surface area (Å²) in [6.45, 7) is 5.11. The second kappa shape index (κ2) is 8.85. The molecule has 0 aliphatic carbocycles. The van der Waals surface area contributed by atoms with Gasteiger partial charge < -0.3 is 5.32 Å². The molecule has 0 amide bonds. The SMILES string of the molecule is CCC(C)n1nccc1CNCc1ccn(CC(F)F)n1.Cl. The Labute approximate surface area is 135 Å². The maximum atomic E-state index is 12.2. The molecule has 124 valence electrons. The van der Waals surface area contributed by atoms with Crippen LogP contribution in [-0.2, 0) is 19.6 Å². The van der Waals surface area contributed by atoms with E-state index in [1.807, 2.05) is 10.7 Å². The van der Waals surface area contributed by atoms with Gasteiger partial charge in [-0.25, -0.2) is 8.78 Å². The van der Waals surface area contributed by atoms with Crippen LogP contribution in [0.3, 0.4) is 0 Å². The molecule has 0 aliphatic heterocycles. The second-order valence-corrected chi connectivity index (χ2v) is 5.05. The zero-order valence-corrected chi connectivity index (χ0v) is 13.6. The second-order valence-electron chi connectivity index (χ2n) is 5.05. The Bertz CT molecular complexity index is 555. The zero-order chi connectivity index (χ0) is 15.2. The quantitative estimate of drug-likeness (QED) is 0.807. The van der Waals surface area contributed by atoms with Crippen molar-refractivity contribution in [2.24, 2.45) is 0 Å². The number of hydrogen-bond donors (Lipinski definition) is 1. The van der Waals surface area contributed by atoms with Crippen molar-refractivity contribution in [3.63, 3.8) is 0 Å². The van der Waals surface area contributed by atoms with Crippen LogP contribution in [-0.4, -0.2) is 26.0 Å². The molecule has 0 aromatic carbocycles. The Morgan fingerprint density at radius 3 is 2.73 bits per heavy atom. The van der Waals surface area contributed by atoms with Crippen LogP contribution in [0.4, 0.5) is 8.78 Å². The average molecular weight is 334 g/mol. The zero-order valence-electron chi connectivity index (χ0n) is 12.7. The molecule has 1 N–H and O–H groups in total. The normalized spacial score (nSPS) is 12.4. The number of hydrogen-bond acceptors (Lipinski definition) is 3. The van der Waals surface area contributed by atoms with Gasteiger partial charge in [-0.05, 0) is 25.5 Å². The van der Waals surface area contributed by atoms with Gasteiger partial charge >= 0.3 is 0 Å². The summed E-state index contributed by atoms with van der Waals surface area (Å²) in [7, 11) is 0. The Kier molecular flexibility index (Phi) is 7.47. The van der Waals surface area contributed by atoms with E-state index in [4.69, 9.17) is 0 Å². The number of rotatable bonds is 8. The first-order valence-electron chi connectivity index (χ1n) is 7.13. The van der Waals surface area contributed by atoms with E-state index in [1.54, 1.807) is 18.5 Å². The molecule has 0 fully saturated rings. The van der Waals surface area contributed by atoms with Gasteiger partial charge in [-0.1, -0.05) is 6.92 Å². The topological polar surface area (TPSA) is 47.7 Å². The molecule has 0 saturated heterocycles. The minimum Gasteiger partial charge on any atom is -0.305 e. The van der Waals surface area contributed by atoms with Crippen molar-refractivity contribution in [2.45, 2.75) is 52.4 Å². The van der Waals surface area contributed by atoms with Gasteiger partial charge in [0.05, 0.1) is 11.4 Å². The van der Waals surface area contributed by atoms with Crippen LogP contribution in [0.15, 0.2) is 24.5 Å². The van der Waals surface area contributed by atoms with Crippen LogP contribution >= 0.6 is 12.4 Å². The fourth-order valence-corrected chi connectivity index (χ4v) is 2.11. The van der Waals surface area contributed by atoms with Gasteiger partial charge in [0.2, 0.25) is 0 Å². The molecule has 2 rings (SSSR count). The Balaban J connectivity index is 0.00000242. The van der Waals surface area contributed by atoms with Crippen molar-refractivity contribution >= 4 is 12.4 Å². The largest absolute Gasteiger partial charge is 0.305 e. The molecule has 0 saturated carbocycles. The van der Waals surface area contributed by atoms with Gasteiger partial charge in [-0.3, -0.25) is 9.36 Å². The van der Waals surface area contributed by atoms with E-state index in [1.165, 1.54) is 4.68 Å². The van der Waals surface area contributed by atoms with E-state index in [2.05, 4.69) is 29.4 Å². The number of nitrogens with zero attached hydrogens (tertiary/aromatic N) is 4. The summed E-state index contributed by atoms with van der Waals surface area (Å²) in [5.41, 5.74) is 1.86. The van der Waals surface area contributed by atoms with Crippen molar-refractivity contribution in [2.75, 3.05) is 0 Å². The van der Waals surface area contributed by atoms with E-state index in [-0.39, 0.29) is 19.0 Å². The highest BCUT2D eigenvalue weighted by Gasteiger charge is 2.09. The van der Waals surface area contributed by atoms with Crippen molar-refractivity contribution in [3.05, 3.63) is 35.9 Å². The third-order valence-electron chi connectivity index (χ3n) is 3.39. The van der Waals surface area contributed by atoms with Gasteiger partial charge in [0.15, 0.2) is 0 Å². The lowest BCUT2D eigenvalue weighted by atomic mass is 10.2. The fourth-order valence-electron chi connectivity index (χ4n) is 2.11. The predicted octanol–water partition coefficient (Wildman–Crippen LogP) is 3.03. The number of halogens is 3. The van der Waals surface area contributed by atoms with E-state index < -0.39 is 6.43 Å². The summed E-state index contributed by atoms with van der Waals surface area (Å²) in [6.07, 6.45) is 2.01. The number of alkyl halides is 2. The number of aromatic nitrogens is 4. The molecule has 1 atom stereocenters. The molecule has 2 aromatic heterocycles. The van der Waals surface area contributed by atoms with Crippen LogP contribution in [0.2, 0.25) is 0 Å². The summed E-state index contributed by atoms with van der Waals surface area (Å²) in [5, 5.41) is 11.7. The van der Waals surface area contributed by atoms with E-state index in [0.717, 1.165) is 17.8 Å². The molecule has 0 aliphatic rings. The molecular weight excluding hydrogens is 312 g/mol. The molecule has 5 nitrogen and oxygen atoms in total. The lowest BCUT2D eigenvalue weighted by Crippen LogP contribution is -2.18. The van der Waals surface area contributed by atoms with Gasteiger partial charge in [0, 0.05) is 31.5 Å². The van der Waals surface area contributed by atoms with Crippen LogP contribution in [0.25, 0.3) is 0 Å².